The number of rotatable bonds is 9. The van der Waals surface area contributed by atoms with E-state index in [0.717, 1.165) is 18.2 Å². The predicted octanol–water partition coefficient (Wildman–Crippen LogP) is 1.54. The highest BCUT2D eigenvalue weighted by Crippen LogP contribution is 2.25. The molecule has 0 bridgehead atoms. The highest BCUT2D eigenvalue weighted by Gasteiger charge is 2.46. The van der Waals surface area contributed by atoms with E-state index in [2.05, 4.69) is 6.92 Å². The van der Waals surface area contributed by atoms with Crippen LogP contribution in [0.25, 0.3) is 0 Å². The molecule has 1 aliphatic heterocycles. The zero-order chi connectivity index (χ0) is 13.6. The first-order valence-electron chi connectivity index (χ1n) is 6.22. The fraction of sp³-hybridized carbons (Fsp3) is 0.833. The Morgan fingerprint density at radius 1 is 1.33 bits per heavy atom. The van der Waals surface area contributed by atoms with Crippen LogP contribution >= 0.6 is 0 Å². The molecule has 6 heteroatoms. The summed E-state index contributed by atoms with van der Waals surface area (Å²) in [6.07, 6.45) is 3.02. The minimum Gasteiger partial charge on any atom is -0.374 e. The Hall–Kier alpha value is -0.243. The van der Waals surface area contributed by atoms with E-state index < -0.39 is 8.80 Å². The van der Waals surface area contributed by atoms with Gasteiger partial charge in [0, 0.05) is 26.5 Å². The molecule has 0 aromatic rings. The Bertz CT molecular complexity index is 265. The van der Waals surface area contributed by atoms with Gasteiger partial charge in [0.05, 0.1) is 19.3 Å². The lowest BCUT2D eigenvalue weighted by molar-refractivity contribution is 0.0525. The summed E-state index contributed by atoms with van der Waals surface area (Å²) in [6, 6.07) is 0. The third-order valence-electron chi connectivity index (χ3n) is 3.07. The third-order valence-corrected chi connectivity index (χ3v) is 6.00. The fourth-order valence-corrected chi connectivity index (χ4v) is 4.22. The number of hydrogen-bond donors (Lipinski definition) is 0. The largest absolute Gasteiger partial charge is 0.534 e. The van der Waals surface area contributed by atoms with Gasteiger partial charge in [-0.15, -0.1) is 0 Å². The van der Waals surface area contributed by atoms with E-state index in [0.29, 0.717) is 6.61 Å². The van der Waals surface area contributed by atoms with Crippen molar-refractivity contribution in [2.75, 3.05) is 34.5 Å². The van der Waals surface area contributed by atoms with Crippen LogP contribution in [0.1, 0.15) is 20.3 Å². The lowest BCUT2D eigenvalue weighted by atomic mass is 10.2. The van der Waals surface area contributed by atoms with Crippen molar-refractivity contribution in [2.45, 2.75) is 32.5 Å². The van der Waals surface area contributed by atoms with Crippen molar-refractivity contribution < 1.29 is 22.8 Å². The number of allylic oxidation sites excluding steroid dienone is 1. The summed E-state index contributed by atoms with van der Waals surface area (Å²) in [5.74, 6) is 0. The average molecular weight is 276 g/mol. The predicted molar refractivity (Wildman–Crippen MR) is 70.3 cm³/mol. The van der Waals surface area contributed by atoms with Gasteiger partial charge in [-0.1, -0.05) is 13.0 Å². The maximum atomic E-state index is 5.88. The molecule has 1 aliphatic rings. The van der Waals surface area contributed by atoms with Crippen LogP contribution in [0.2, 0.25) is 0 Å². The molecule has 1 fully saturated rings. The summed E-state index contributed by atoms with van der Waals surface area (Å²) in [4.78, 5) is 0. The first-order chi connectivity index (χ1) is 8.67. The summed E-state index contributed by atoms with van der Waals surface area (Å²) in [5, 5.41) is 0.971. The van der Waals surface area contributed by atoms with Crippen molar-refractivity contribution in [3.8, 4) is 0 Å². The van der Waals surface area contributed by atoms with Gasteiger partial charge in [-0.2, -0.15) is 0 Å². The van der Waals surface area contributed by atoms with Crippen LogP contribution in [0.15, 0.2) is 11.3 Å². The standard InChI is InChI=1S/C12H24O5Si/c1-6-11(17-9-10-8-16-10)12(7-2)18(13-3,14-4)15-5/h7,10-11H,6,8-9H2,1-5H3. The highest BCUT2D eigenvalue weighted by molar-refractivity contribution is 6.69. The fourth-order valence-electron chi connectivity index (χ4n) is 1.98. The Kier molecular flexibility index (Phi) is 6.48. The van der Waals surface area contributed by atoms with Crippen LogP contribution in [0, 0.1) is 0 Å². The smallest absolute Gasteiger partial charge is 0.374 e. The van der Waals surface area contributed by atoms with Gasteiger partial charge in [-0.05, 0) is 13.3 Å². The molecule has 1 saturated heterocycles. The van der Waals surface area contributed by atoms with Gasteiger partial charge in [0.15, 0.2) is 0 Å². The van der Waals surface area contributed by atoms with Crippen LogP contribution in [0.5, 0.6) is 0 Å². The maximum Gasteiger partial charge on any atom is 0.534 e. The summed E-state index contributed by atoms with van der Waals surface area (Å²) in [7, 11) is 2.04. The van der Waals surface area contributed by atoms with Crippen LogP contribution in [0.3, 0.4) is 0 Å². The summed E-state index contributed by atoms with van der Waals surface area (Å²) in [5.41, 5.74) is 0. The number of epoxide rings is 1. The second-order valence-electron chi connectivity index (χ2n) is 4.10. The van der Waals surface area contributed by atoms with Gasteiger partial charge in [-0.3, -0.25) is 0 Å². The summed E-state index contributed by atoms with van der Waals surface area (Å²) < 4.78 is 27.6. The molecule has 106 valence electrons. The minimum absolute atomic E-state index is 0.0503. The van der Waals surface area contributed by atoms with Gasteiger partial charge in [0.2, 0.25) is 0 Å². The van der Waals surface area contributed by atoms with E-state index in [1.54, 1.807) is 21.3 Å². The van der Waals surface area contributed by atoms with E-state index in [1.807, 2.05) is 13.0 Å². The van der Waals surface area contributed by atoms with Crippen LogP contribution in [0.4, 0.5) is 0 Å². The SMILES string of the molecule is CC=C(C(CC)OCC1CO1)[Si](OC)(OC)OC. The van der Waals surface area contributed by atoms with E-state index in [1.165, 1.54) is 0 Å². The molecule has 1 heterocycles. The lowest BCUT2D eigenvalue weighted by Gasteiger charge is -2.31. The quantitative estimate of drug-likeness (QED) is 0.472. The van der Waals surface area contributed by atoms with Crippen molar-refractivity contribution in [2.24, 2.45) is 0 Å². The van der Waals surface area contributed by atoms with E-state index in [9.17, 15) is 0 Å². The Balaban J connectivity index is 2.75. The van der Waals surface area contributed by atoms with Crippen molar-refractivity contribution in [1.29, 1.82) is 0 Å². The monoisotopic (exact) mass is 276 g/mol. The Morgan fingerprint density at radius 3 is 2.22 bits per heavy atom. The van der Waals surface area contributed by atoms with Crippen molar-refractivity contribution in [3.63, 3.8) is 0 Å². The topological polar surface area (TPSA) is 49.5 Å². The van der Waals surface area contributed by atoms with Gasteiger partial charge in [0.1, 0.15) is 6.10 Å². The number of hydrogen-bond acceptors (Lipinski definition) is 5. The van der Waals surface area contributed by atoms with Crippen LogP contribution < -0.4 is 0 Å². The molecule has 0 aromatic heterocycles. The third kappa shape index (κ3) is 3.63. The molecule has 0 saturated carbocycles. The molecule has 0 N–H and O–H groups in total. The van der Waals surface area contributed by atoms with Crippen molar-refractivity contribution >= 4 is 8.80 Å². The van der Waals surface area contributed by atoms with Gasteiger partial charge in [-0.25, -0.2) is 0 Å². The Morgan fingerprint density at radius 2 is 1.89 bits per heavy atom. The summed E-state index contributed by atoms with van der Waals surface area (Å²) >= 11 is 0. The molecule has 1 rings (SSSR count). The van der Waals surface area contributed by atoms with Crippen LogP contribution in [-0.4, -0.2) is 55.6 Å². The zero-order valence-corrected chi connectivity index (χ0v) is 12.9. The average Bonchev–Trinajstić information content (AvgIpc) is 3.23. The first-order valence-corrected chi connectivity index (χ1v) is 7.95. The molecular weight excluding hydrogens is 252 g/mol. The second kappa shape index (κ2) is 7.37. The minimum atomic E-state index is -2.79. The molecule has 2 atom stereocenters. The van der Waals surface area contributed by atoms with Crippen molar-refractivity contribution in [1.82, 2.24) is 0 Å². The molecule has 0 aliphatic carbocycles. The van der Waals surface area contributed by atoms with Gasteiger partial charge >= 0.3 is 8.80 Å². The molecule has 0 aromatic carbocycles. The molecule has 0 radical (unpaired) electrons. The number of ether oxygens (including phenoxy) is 2. The maximum absolute atomic E-state index is 5.88. The van der Waals surface area contributed by atoms with E-state index in [-0.39, 0.29) is 12.2 Å². The lowest BCUT2D eigenvalue weighted by Crippen LogP contribution is -2.49. The molecule has 0 spiro atoms. The highest BCUT2D eigenvalue weighted by atomic mass is 28.4. The Labute approximate surface area is 110 Å². The van der Waals surface area contributed by atoms with E-state index >= 15 is 0 Å². The van der Waals surface area contributed by atoms with Gasteiger partial charge < -0.3 is 22.8 Å². The second-order valence-corrected chi connectivity index (χ2v) is 7.01. The van der Waals surface area contributed by atoms with Crippen LogP contribution in [-0.2, 0) is 22.8 Å². The molecule has 5 nitrogen and oxygen atoms in total. The molecular formula is C12H24O5Si. The molecule has 2 unspecified atom stereocenters. The summed E-state index contributed by atoms with van der Waals surface area (Å²) in [6.45, 7) is 5.43. The van der Waals surface area contributed by atoms with E-state index in [4.69, 9.17) is 22.8 Å². The molecule has 18 heavy (non-hydrogen) atoms. The van der Waals surface area contributed by atoms with Gasteiger partial charge in [0.25, 0.3) is 0 Å². The zero-order valence-electron chi connectivity index (χ0n) is 11.9. The van der Waals surface area contributed by atoms with Crippen molar-refractivity contribution in [3.05, 3.63) is 11.3 Å². The first kappa shape index (κ1) is 15.8. The normalized spacial score (nSPS) is 22.1. The molecule has 0 amide bonds.